The number of carbonyl (C=O) groups is 1. The zero-order valence-electron chi connectivity index (χ0n) is 12.5. The smallest absolute Gasteiger partial charge is 0.267 e. The Kier molecular flexibility index (Phi) is 4.10. The molecule has 0 atom stereocenters. The summed E-state index contributed by atoms with van der Waals surface area (Å²) in [6.45, 7) is 1.83. The van der Waals surface area contributed by atoms with Crippen LogP contribution < -0.4 is 5.43 Å². The molecule has 1 N–H and O–H groups in total. The average molecular weight is 307 g/mol. The van der Waals surface area contributed by atoms with E-state index in [4.69, 9.17) is 0 Å². The van der Waals surface area contributed by atoms with Crippen LogP contribution in [0.3, 0.4) is 0 Å². The highest BCUT2D eigenvalue weighted by atomic mass is 19.1. The Morgan fingerprint density at radius 1 is 1.17 bits per heavy atom. The molecule has 0 unspecified atom stereocenters. The molecule has 0 bridgehead atoms. The van der Waals surface area contributed by atoms with E-state index in [-0.39, 0.29) is 5.91 Å². The largest absolute Gasteiger partial charge is 0.272 e. The third-order valence-corrected chi connectivity index (χ3v) is 3.36. The van der Waals surface area contributed by atoms with Gasteiger partial charge in [-0.2, -0.15) is 5.10 Å². The van der Waals surface area contributed by atoms with E-state index in [1.165, 1.54) is 12.3 Å². The second-order valence-electron chi connectivity index (χ2n) is 5.05. The van der Waals surface area contributed by atoms with Gasteiger partial charge in [0.25, 0.3) is 5.91 Å². The lowest BCUT2D eigenvalue weighted by Gasteiger charge is -2.06. The van der Waals surface area contributed by atoms with Crippen molar-refractivity contribution in [1.82, 2.24) is 10.4 Å². The number of halogens is 1. The van der Waals surface area contributed by atoms with Crippen LogP contribution in [-0.4, -0.2) is 17.1 Å². The zero-order valence-corrected chi connectivity index (χ0v) is 12.5. The first kappa shape index (κ1) is 14.8. The van der Waals surface area contributed by atoms with Crippen LogP contribution in [0.4, 0.5) is 4.39 Å². The van der Waals surface area contributed by atoms with Crippen molar-refractivity contribution in [3.8, 4) is 0 Å². The molecule has 0 radical (unpaired) electrons. The van der Waals surface area contributed by atoms with Gasteiger partial charge in [-0.05, 0) is 25.1 Å². The van der Waals surface area contributed by atoms with E-state index in [9.17, 15) is 9.18 Å². The summed E-state index contributed by atoms with van der Waals surface area (Å²) in [7, 11) is 0. The fourth-order valence-electron chi connectivity index (χ4n) is 2.30. The van der Waals surface area contributed by atoms with Crippen LogP contribution in [0, 0.1) is 12.7 Å². The molecule has 1 heterocycles. The molecule has 3 aromatic rings. The third kappa shape index (κ3) is 3.23. The van der Waals surface area contributed by atoms with E-state index in [0.29, 0.717) is 11.1 Å². The Morgan fingerprint density at radius 3 is 2.74 bits per heavy atom. The van der Waals surface area contributed by atoms with Crippen molar-refractivity contribution in [2.75, 3.05) is 0 Å². The minimum atomic E-state index is -0.393. The topological polar surface area (TPSA) is 54.4 Å². The number of hydrazone groups is 1. The number of aryl methyl sites for hydroxylation is 1. The summed E-state index contributed by atoms with van der Waals surface area (Å²) in [5, 5.41) is 4.58. The van der Waals surface area contributed by atoms with Gasteiger partial charge < -0.3 is 0 Å². The molecule has 0 aliphatic rings. The van der Waals surface area contributed by atoms with Gasteiger partial charge in [0.1, 0.15) is 5.82 Å². The summed E-state index contributed by atoms with van der Waals surface area (Å²) < 4.78 is 13.5. The lowest BCUT2D eigenvalue weighted by molar-refractivity contribution is 0.0956. The number of hydrogen-bond acceptors (Lipinski definition) is 3. The van der Waals surface area contributed by atoms with E-state index in [2.05, 4.69) is 15.5 Å². The van der Waals surface area contributed by atoms with Gasteiger partial charge in [0, 0.05) is 16.6 Å². The van der Waals surface area contributed by atoms with Crippen LogP contribution in [0.25, 0.3) is 10.9 Å². The molecular weight excluding hydrogens is 293 g/mol. The molecule has 114 valence electrons. The van der Waals surface area contributed by atoms with Crippen molar-refractivity contribution in [1.29, 1.82) is 0 Å². The number of nitrogens with zero attached hydrogens (tertiary/aromatic N) is 2. The lowest BCUT2D eigenvalue weighted by Crippen LogP contribution is -2.18. The van der Waals surface area contributed by atoms with E-state index < -0.39 is 5.82 Å². The molecule has 0 saturated heterocycles. The molecule has 1 aromatic heterocycles. The van der Waals surface area contributed by atoms with Gasteiger partial charge in [-0.25, -0.2) is 9.82 Å². The van der Waals surface area contributed by atoms with E-state index in [1.54, 1.807) is 24.3 Å². The SMILES string of the molecule is Cc1cc(C(=O)N/N=C/c2ccccc2F)c2ccccc2n1. The number of nitrogens with one attached hydrogen (secondary N) is 1. The predicted molar refractivity (Wildman–Crippen MR) is 87.9 cm³/mol. The highest BCUT2D eigenvalue weighted by molar-refractivity contribution is 6.06. The summed E-state index contributed by atoms with van der Waals surface area (Å²) in [5.41, 5.74) is 4.71. The van der Waals surface area contributed by atoms with Gasteiger partial charge in [0.2, 0.25) is 0 Å². The van der Waals surface area contributed by atoms with Crippen molar-refractivity contribution < 1.29 is 9.18 Å². The monoisotopic (exact) mass is 307 g/mol. The van der Waals surface area contributed by atoms with Crippen LogP contribution in [0.1, 0.15) is 21.6 Å². The molecule has 23 heavy (non-hydrogen) atoms. The van der Waals surface area contributed by atoms with Crippen LogP contribution in [-0.2, 0) is 0 Å². The van der Waals surface area contributed by atoms with Crippen molar-refractivity contribution in [2.45, 2.75) is 6.92 Å². The van der Waals surface area contributed by atoms with Crippen LogP contribution in [0.15, 0.2) is 59.7 Å². The summed E-state index contributed by atoms with van der Waals surface area (Å²) in [6, 6.07) is 15.3. The second-order valence-corrected chi connectivity index (χ2v) is 5.05. The molecule has 3 rings (SSSR count). The molecule has 0 aliphatic heterocycles. The summed E-state index contributed by atoms with van der Waals surface area (Å²) in [6.07, 6.45) is 1.28. The highest BCUT2D eigenvalue weighted by Gasteiger charge is 2.11. The van der Waals surface area contributed by atoms with Gasteiger partial charge in [0.15, 0.2) is 0 Å². The molecule has 0 fully saturated rings. The Bertz CT molecular complexity index is 906. The van der Waals surface area contributed by atoms with Crippen molar-refractivity contribution in [3.63, 3.8) is 0 Å². The summed E-state index contributed by atoms with van der Waals surface area (Å²) in [4.78, 5) is 16.7. The summed E-state index contributed by atoms with van der Waals surface area (Å²) in [5.74, 6) is -0.755. The minimum absolute atomic E-state index is 0.309. The third-order valence-electron chi connectivity index (χ3n) is 3.36. The fourth-order valence-corrected chi connectivity index (χ4v) is 2.30. The molecule has 2 aromatic carbocycles. The number of hydrogen-bond donors (Lipinski definition) is 1. The molecule has 1 amide bonds. The standard InChI is InChI=1S/C18H14FN3O/c1-12-10-15(14-7-3-5-9-17(14)21-12)18(23)22-20-11-13-6-2-4-8-16(13)19/h2-11H,1H3,(H,22,23)/b20-11+. The first-order valence-corrected chi connectivity index (χ1v) is 7.09. The number of para-hydroxylation sites is 1. The second kappa shape index (κ2) is 6.36. The molecule has 5 heteroatoms. The van der Waals surface area contributed by atoms with Crippen LogP contribution in [0.2, 0.25) is 0 Å². The van der Waals surface area contributed by atoms with E-state index >= 15 is 0 Å². The van der Waals surface area contributed by atoms with Crippen LogP contribution in [0.5, 0.6) is 0 Å². The van der Waals surface area contributed by atoms with Gasteiger partial charge >= 0.3 is 0 Å². The lowest BCUT2D eigenvalue weighted by atomic mass is 10.1. The quantitative estimate of drug-likeness (QED) is 0.595. The number of fused-ring (bicyclic) bond motifs is 1. The Morgan fingerprint density at radius 2 is 1.91 bits per heavy atom. The van der Waals surface area contributed by atoms with E-state index in [0.717, 1.165) is 16.6 Å². The normalized spacial score (nSPS) is 11.0. The Hall–Kier alpha value is -3.08. The Labute approximate surface area is 132 Å². The van der Waals surface area contributed by atoms with Gasteiger partial charge in [-0.15, -0.1) is 0 Å². The van der Waals surface area contributed by atoms with Gasteiger partial charge in [0.05, 0.1) is 17.3 Å². The molecule has 4 nitrogen and oxygen atoms in total. The number of benzene rings is 2. The van der Waals surface area contributed by atoms with Crippen LogP contribution >= 0.6 is 0 Å². The zero-order chi connectivity index (χ0) is 16.2. The number of aromatic nitrogens is 1. The molecule has 0 spiro atoms. The maximum absolute atomic E-state index is 13.5. The minimum Gasteiger partial charge on any atom is -0.267 e. The maximum Gasteiger partial charge on any atom is 0.272 e. The van der Waals surface area contributed by atoms with Crippen molar-refractivity contribution >= 4 is 23.0 Å². The first-order valence-electron chi connectivity index (χ1n) is 7.09. The molecular formula is C18H14FN3O. The number of pyridine rings is 1. The molecule has 0 aliphatic carbocycles. The average Bonchev–Trinajstić information content (AvgIpc) is 2.55. The fraction of sp³-hybridized carbons (Fsp3) is 0.0556. The van der Waals surface area contributed by atoms with Gasteiger partial charge in [-0.1, -0.05) is 36.4 Å². The first-order chi connectivity index (χ1) is 11.1. The Balaban J connectivity index is 1.86. The van der Waals surface area contributed by atoms with Crippen molar-refractivity contribution in [2.24, 2.45) is 5.10 Å². The van der Waals surface area contributed by atoms with E-state index in [1.807, 2.05) is 31.2 Å². The maximum atomic E-state index is 13.5. The predicted octanol–water partition coefficient (Wildman–Crippen LogP) is 3.45. The number of carbonyl (C=O) groups excluding carboxylic acids is 1. The highest BCUT2D eigenvalue weighted by Crippen LogP contribution is 2.18. The molecule has 0 saturated carbocycles. The number of amides is 1. The van der Waals surface area contributed by atoms with Crippen molar-refractivity contribution in [3.05, 3.63) is 77.2 Å². The summed E-state index contributed by atoms with van der Waals surface area (Å²) >= 11 is 0. The van der Waals surface area contributed by atoms with Gasteiger partial charge in [-0.3, -0.25) is 9.78 Å². The number of rotatable bonds is 3.